The van der Waals surface area contributed by atoms with Gasteiger partial charge in [0.05, 0.1) is 89.1 Å². The average molecular weight is 1210 g/mol. The Labute approximate surface area is 476 Å². The molecule has 2 aliphatic heterocycles. The maximum atomic E-state index is 12.9. The summed E-state index contributed by atoms with van der Waals surface area (Å²) >= 11 is 25.6. The van der Waals surface area contributed by atoms with Crippen molar-refractivity contribution in [1.29, 1.82) is 0 Å². The molecule has 0 radical (unpaired) electrons. The van der Waals surface area contributed by atoms with Crippen molar-refractivity contribution in [3.63, 3.8) is 0 Å². The van der Waals surface area contributed by atoms with E-state index in [-0.39, 0.29) is 127 Å². The minimum Gasteiger partial charge on any atom is -0.380 e. The van der Waals surface area contributed by atoms with Gasteiger partial charge in [-0.1, -0.05) is 70.7 Å². The molecule has 0 spiro atoms. The van der Waals surface area contributed by atoms with E-state index < -0.39 is 44.1 Å². The van der Waals surface area contributed by atoms with E-state index in [0.29, 0.717) is 33.2 Å². The number of carbonyl (C=O) groups excluding carboxylic acids is 2. The quantitative estimate of drug-likeness (QED) is 0.0372. The predicted molar refractivity (Wildman–Crippen MR) is 295 cm³/mol. The second kappa shape index (κ2) is 31.6. The number of amides is 2. The molecule has 0 bridgehead atoms. The number of nitrogens with zero attached hydrogens (tertiary/aromatic N) is 2. The number of nitrogens with one attached hydrogen (secondary N) is 4. The number of hydrogen-bond donors (Lipinski definition) is 6. The van der Waals surface area contributed by atoms with Gasteiger partial charge in [0.1, 0.15) is 0 Å². The molecule has 0 fully saturated rings. The summed E-state index contributed by atoms with van der Waals surface area (Å²) in [6.45, 7) is 5.06. The first kappa shape index (κ1) is 63.6. The molecule has 0 aliphatic carbocycles. The number of carbonyl (C=O) groups is 2. The molecule has 0 saturated heterocycles. The minimum absolute atomic E-state index is 0.00588. The molecular formula is C52H68Cl4N6O14S2. The first-order chi connectivity index (χ1) is 37.3. The molecule has 78 heavy (non-hydrogen) atoms. The fourth-order valence-corrected chi connectivity index (χ4v) is 11.9. The molecule has 4 atom stereocenters. The molecule has 6 N–H and O–H groups in total. The number of aliphatic hydroxyl groups excluding tert-OH is 2. The van der Waals surface area contributed by atoms with E-state index in [9.17, 15) is 36.6 Å². The molecule has 0 aromatic heterocycles. The van der Waals surface area contributed by atoms with Crippen LogP contribution in [0.1, 0.15) is 45.2 Å². The smallest absolute Gasteiger partial charge is 0.252 e. The first-order valence-electron chi connectivity index (χ1n) is 25.2. The molecule has 0 saturated carbocycles. The van der Waals surface area contributed by atoms with E-state index in [1.807, 2.05) is 50.5 Å². The zero-order valence-electron chi connectivity index (χ0n) is 43.4. The topological polar surface area (TPSA) is 253 Å². The highest BCUT2D eigenvalue weighted by Crippen LogP contribution is 2.40. The van der Waals surface area contributed by atoms with Crippen LogP contribution in [0.4, 0.5) is 0 Å². The fraction of sp³-hybridized carbons (Fsp3) is 0.500. The second-order valence-corrected chi connectivity index (χ2v) is 23.7. The third-order valence-electron chi connectivity index (χ3n) is 12.7. The van der Waals surface area contributed by atoms with Gasteiger partial charge < -0.3 is 59.1 Å². The van der Waals surface area contributed by atoms with Gasteiger partial charge in [0.2, 0.25) is 20.0 Å². The maximum Gasteiger partial charge on any atom is 0.252 e. The molecule has 2 amide bonds. The Morgan fingerprint density at radius 1 is 0.513 bits per heavy atom. The van der Waals surface area contributed by atoms with Crippen LogP contribution in [0.15, 0.2) is 82.6 Å². The number of rotatable bonds is 33. The summed E-state index contributed by atoms with van der Waals surface area (Å²) in [7, 11) is -3.52. The summed E-state index contributed by atoms with van der Waals surface area (Å²) in [6, 6.07) is 20.9. The molecule has 2 heterocycles. The van der Waals surface area contributed by atoms with Gasteiger partial charge in [-0.3, -0.25) is 9.59 Å². The standard InChI is InChI=1S/C52H68Cl4N6O14S2/c1-61-31-43(41-27-37(53)29-47(55)45(41)33-61)35-3-7-39(8-4-35)77(67,68)59-13-17-73-21-25-75-23-19-71-15-11-57-51(65)49(63)50(64)52(66)58-12-16-72-20-24-76-26-22-74-18-14-60-78(69,70)40-9-5-36(6-10-40)44-32-62(2)34-46-42(44)28-38(54)30-48(46)56/h3-10,27-30,43-44,49-50,59-60,63-64H,11-26,31-34H2,1-2H3,(H,57,65)(H,58,66)/t43-,44-,49?,50?/m0/s1. The van der Waals surface area contributed by atoms with Gasteiger partial charge in [0, 0.05) is 84.3 Å². The maximum absolute atomic E-state index is 12.9. The van der Waals surface area contributed by atoms with Crippen LogP contribution in [0, 0.1) is 0 Å². The number of fused-ring (bicyclic) bond motifs is 2. The summed E-state index contributed by atoms with van der Waals surface area (Å²) in [4.78, 5) is 29.1. The van der Waals surface area contributed by atoms with E-state index in [2.05, 4.69) is 29.9 Å². The molecule has 2 unspecified atom stereocenters. The number of aliphatic hydroxyl groups is 2. The lowest BCUT2D eigenvalue weighted by molar-refractivity contribution is -0.146. The Kier molecular flexibility index (Phi) is 25.7. The summed E-state index contributed by atoms with van der Waals surface area (Å²) in [5.41, 5.74) is 6.00. The molecule has 6 rings (SSSR count). The van der Waals surface area contributed by atoms with Crippen LogP contribution in [0.3, 0.4) is 0 Å². The van der Waals surface area contributed by atoms with Crippen LogP contribution in [-0.2, 0) is 71.1 Å². The van der Waals surface area contributed by atoms with Gasteiger partial charge >= 0.3 is 0 Å². The number of benzene rings is 4. The van der Waals surface area contributed by atoms with Crippen LogP contribution >= 0.6 is 46.4 Å². The number of ether oxygens (including phenoxy) is 6. The predicted octanol–water partition coefficient (Wildman–Crippen LogP) is 3.77. The second-order valence-electron chi connectivity index (χ2n) is 18.5. The minimum atomic E-state index is -3.77. The number of halogens is 4. The van der Waals surface area contributed by atoms with Crippen molar-refractivity contribution in [2.45, 2.75) is 46.9 Å². The van der Waals surface area contributed by atoms with Gasteiger partial charge in [-0.05, 0) is 96.0 Å². The molecule has 26 heteroatoms. The van der Waals surface area contributed by atoms with Crippen LogP contribution in [0.2, 0.25) is 20.1 Å². The van der Waals surface area contributed by atoms with Gasteiger partial charge in [0.15, 0.2) is 12.2 Å². The van der Waals surface area contributed by atoms with Crippen molar-refractivity contribution in [2.24, 2.45) is 0 Å². The third-order valence-corrected chi connectivity index (χ3v) is 16.7. The first-order valence-corrected chi connectivity index (χ1v) is 29.7. The summed E-state index contributed by atoms with van der Waals surface area (Å²) in [5, 5.41) is 27.4. The molecule has 4 aromatic carbocycles. The van der Waals surface area contributed by atoms with Crippen LogP contribution in [-0.4, -0.2) is 194 Å². The Hall–Kier alpha value is -3.60. The molecule has 20 nitrogen and oxygen atoms in total. The van der Waals surface area contributed by atoms with Crippen molar-refractivity contribution in [1.82, 2.24) is 29.9 Å². The van der Waals surface area contributed by atoms with E-state index >= 15 is 0 Å². The van der Waals surface area contributed by atoms with E-state index in [1.54, 1.807) is 36.4 Å². The zero-order valence-corrected chi connectivity index (χ0v) is 48.1. The Balaban J connectivity index is 0.705. The fourth-order valence-electron chi connectivity index (χ4n) is 8.76. The Morgan fingerprint density at radius 3 is 1.15 bits per heavy atom. The summed E-state index contributed by atoms with van der Waals surface area (Å²) < 4.78 is 89.4. The van der Waals surface area contributed by atoms with E-state index in [0.717, 1.165) is 46.5 Å². The zero-order chi connectivity index (χ0) is 56.2. The molecule has 430 valence electrons. The number of hydrogen-bond acceptors (Lipinski definition) is 16. The largest absolute Gasteiger partial charge is 0.380 e. The van der Waals surface area contributed by atoms with Gasteiger partial charge in [-0.2, -0.15) is 0 Å². The van der Waals surface area contributed by atoms with Crippen molar-refractivity contribution in [3.8, 4) is 0 Å². The van der Waals surface area contributed by atoms with Crippen molar-refractivity contribution < 1.29 is 65.1 Å². The summed E-state index contributed by atoms with van der Waals surface area (Å²) in [6.07, 6.45) is -4.04. The van der Waals surface area contributed by atoms with Gasteiger partial charge in [0.25, 0.3) is 11.8 Å². The van der Waals surface area contributed by atoms with Crippen LogP contribution in [0.5, 0.6) is 0 Å². The average Bonchev–Trinajstić information content (AvgIpc) is 3.47. The van der Waals surface area contributed by atoms with Gasteiger partial charge in [-0.25, -0.2) is 26.3 Å². The normalized spacial score (nSPS) is 16.8. The van der Waals surface area contributed by atoms with Crippen LogP contribution < -0.4 is 20.1 Å². The van der Waals surface area contributed by atoms with E-state index in [4.69, 9.17) is 74.8 Å². The molecular weight excluding hydrogens is 1140 g/mol. The van der Waals surface area contributed by atoms with Crippen molar-refractivity contribution >= 4 is 78.3 Å². The highest BCUT2D eigenvalue weighted by Gasteiger charge is 2.31. The van der Waals surface area contributed by atoms with Crippen molar-refractivity contribution in [3.05, 3.63) is 126 Å². The lowest BCUT2D eigenvalue weighted by Crippen LogP contribution is -2.50. The SMILES string of the molecule is CN1Cc2c(Cl)cc(Cl)cc2[C@H](c2ccc(S(=O)(=O)NCCOCCOCCOCCNC(=O)C(O)C(O)C(=O)NCCOCCOCCOCCNS(=O)(=O)c3ccc([C@@H]4CN(C)Cc5c(Cl)cc(Cl)cc54)cc3)cc2)C1. The summed E-state index contributed by atoms with van der Waals surface area (Å²) in [5.74, 6) is -1.96. The lowest BCUT2D eigenvalue weighted by atomic mass is 9.85. The lowest BCUT2D eigenvalue weighted by Gasteiger charge is -2.33. The number of likely N-dealkylation sites (N-methyl/N-ethyl adjacent to an activating group) is 2. The Bertz CT molecular complexity index is 2620. The number of sulfonamides is 2. The highest BCUT2D eigenvalue weighted by atomic mass is 35.5. The van der Waals surface area contributed by atoms with Gasteiger partial charge in [-0.15, -0.1) is 0 Å². The Morgan fingerprint density at radius 2 is 0.821 bits per heavy atom. The monoisotopic (exact) mass is 1200 g/mol. The third kappa shape index (κ3) is 19.3. The molecule has 2 aliphatic rings. The highest BCUT2D eigenvalue weighted by molar-refractivity contribution is 7.89. The van der Waals surface area contributed by atoms with E-state index in [1.165, 1.54) is 0 Å². The molecule has 4 aromatic rings. The van der Waals surface area contributed by atoms with Crippen molar-refractivity contribution in [2.75, 3.05) is 133 Å². The van der Waals surface area contributed by atoms with Crippen LogP contribution in [0.25, 0.3) is 0 Å².